The summed E-state index contributed by atoms with van der Waals surface area (Å²) in [5, 5.41) is 12.4. The lowest BCUT2D eigenvalue weighted by atomic mass is 10.1. The number of carbonyl (C=O) groups is 1. The minimum Gasteiger partial charge on any atom is -0.493 e. The maximum atomic E-state index is 11.4. The van der Waals surface area contributed by atoms with Crippen LogP contribution in [0.1, 0.15) is 15.9 Å². The normalized spacial score (nSPS) is 10.0. The number of benzene rings is 2. The van der Waals surface area contributed by atoms with Crippen molar-refractivity contribution in [3.8, 4) is 11.5 Å². The fourth-order valence-corrected chi connectivity index (χ4v) is 2.00. The lowest BCUT2D eigenvalue weighted by molar-refractivity contribution is 0.0697. The summed E-state index contributed by atoms with van der Waals surface area (Å²) in [5.41, 5.74) is 1.69. The standard InChI is InChI=1S/C16H17NO4/c1-20-14-8-12(16(18)19)13(9-15(14)21-2)17-10-11-6-4-3-5-7-11/h3-9,17H,10H2,1-2H3,(H,18,19). The SMILES string of the molecule is COc1cc(NCc2ccccc2)c(C(=O)O)cc1OC. The zero-order valence-corrected chi connectivity index (χ0v) is 11.9. The van der Waals surface area contributed by atoms with Crippen LogP contribution in [0, 0.1) is 0 Å². The smallest absolute Gasteiger partial charge is 0.337 e. The lowest BCUT2D eigenvalue weighted by Crippen LogP contribution is -2.07. The van der Waals surface area contributed by atoms with Gasteiger partial charge in [-0.2, -0.15) is 0 Å². The molecule has 0 saturated heterocycles. The molecule has 0 aliphatic carbocycles. The van der Waals surface area contributed by atoms with Crippen LogP contribution in [0.5, 0.6) is 11.5 Å². The maximum Gasteiger partial charge on any atom is 0.337 e. The molecule has 5 nitrogen and oxygen atoms in total. The van der Waals surface area contributed by atoms with E-state index in [1.807, 2.05) is 30.3 Å². The van der Waals surface area contributed by atoms with E-state index in [4.69, 9.17) is 9.47 Å². The minimum atomic E-state index is -1.02. The molecule has 0 bridgehead atoms. The molecule has 2 aromatic carbocycles. The van der Waals surface area contributed by atoms with E-state index in [2.05, 4.69) is 5.32 Å². The summed E-state index contributed by atoms with van der Waals surface area (Å²) in [7, 11) is 2.99. The Kier molecular flexibility index (Phi) is 4.66. The zero-order valence-electron chi connectivity index (χ0n) is 11.9. The van der Waals surface area contributed by atoms with Crippen molar-refractivity contribution in [2.75, 3.05) is 19.5 Å². The second kappa shape index (κ2) is 6.65. The molecule has 0 spiro atoms. The van der Waals surface area contributed by atoms with Gasteiger partial charge < -0.3 is 19.9 Å². The first-order valence-corrected chi connectivity index (χ1v) is 6.42. The summed E-state index contributed by atoms with van der Waals surface area (Å²) in [4.78, 5) is 11.4. The molecule has 2 aromatic rings. The summed E-state index contributed by atoms with van der Waals surface area (Å²) in [5.74, 6) is -0.148. The van der Waals surface area contributed by atoms with Crippen LogP contribution < -0.4 is 14.8 Å². The molecule has 2 N–H and O–H groups in total. The summed E-state index contributed by atoms with van der Waals surface area (Å²) in [6.07, 6.45) is 0. The molecule has 0 heterocycles. The topological polar surface area (TPSA) is 67.8 Å². The van der Waals surface area contributed by atoms with Crippen molar-refractivity contribution in [2.45, 2.75) is 6.54 Å². The van der Waals surface area contributed by atoms with E-state index in [9.17, 15) is 9.90 Å². The Morgan fingerprint density at radius 3 is 2.29 bits per heavy atom. The predicted molar refractivity (Wildman–Crippen MR) is 80.3 cm³/mol. The molecule has 0 aliphatic rings. The van der Waals surface area contributed by atoms with Gasteiger partial charge in [-0.3, -0.25) is 0 Å². The number of hydrogen-bond acceptors (Lipinski definition) is 4. The van der Waals surface area contributed by atoms with Crippen LogP contribution in [0.15, 0.2) is 42.5 Å². The number of hydrogen-bond donors (Lipinski definition) is 2. The average molecular weight is 287 g/mol. The predicted octanol–water partition coefficient (Wildman–Crippen LogP) is 3.01. The van der Waals surface area contributed by atoms with E-state index < -0.39 is 5.97 Å². The van der Waals surface area contributed by atoms with Crippen molar-refractivity contribution in [3.63, 3.8) is 0 Å². The van der Waals surface area contributed by atoms with Crippen molar-refractivity contribution in [3.05, 3.63) is 53.6 Å². The third kappa shape index (κ3) is 3.45. The van der Waals surface area contributed by atoms with Crippen molar-refractivity contribution < 1.29 is 19.4 Å². The van der Waals surface area contributed by atoms with Crippen LogP contribution in [-0.2, 0) is 6.54 Å². The van der Waals surface area contributed by atoms with Crippen LogP contribution >= 0.6 is 0 Å². The van der Waals surface area contributed by atoms with Crippen molar-refractivity contribution in [1.29, 1.82) is 0 Å². The maximum absolute atomic E-state index is 11.4. The van der Waals surface area contributed by atoms with Gasteiger partial charge in [0.1, 0.15) is 0 Å². The molecule has 0 unspecified atom stereocenters. The molecule has 0 amide bonds. The first kappa shape index (κ1) is 14.7. The average Bonchev–Trinajstić information content (AvgIpc) is 2.52. The van der Waals surface area contributed by atoms with E-state index in [0.717, 1.165) is 5.56 Å². The van der Waals surface area contributed by atoms with Gasteiger partial charge in [0, 0.05) is 18.7 Å². The van der Waals surface area contributed by atoms with Gasteiger partial charge in [-0.1, -0.05) is 30.3 Å². The summed E-state index contributed by atoms with van der Waals surface area (Å²) in [6, 6.07) is 12.8. The van der Waals surface area contributed by atoms with Crippen LogP contribution in [0.2, 0.25) is 0 Å². The molecular formula is C16H17NO4. The van der Waals surface area contributed by atoms with Crippen molar-refractivity contribution in [1.82, 2.24) is 0 Å². The third-order valence-electron chi connectivity index (χ3n) is 3.08. The van der Waals surface area contributed by atoms with Crippen LogP contribution in [0.4, 0.5) is 5.69 Å². The van der Waals surface area contributed by atoms with Gasteiger partial charge in [0.15, 0.2) is 11.5 Å². The number of rotatable bonds is 6. The molecule has 0 atom stereocenters. The molecule has 5 heteroatoms. The van der Waals surface area contributed by atoms with Crippen molar-refractivity contribution in [2.24, 2.45) is 0 Å². The molecule has 0 fully saturated rings. The highest BCUT2D eigenvalue weighted by atomic mass is 16.5. The Morgan fingerprint density at radius 2 is 1.71 bits per heavy atom. The molecule has 0 aromatic heterocycles. The molecule has 0 aliphatic heterocycles. The second-order valence-electron chi connectivity index (χ2n) is 4.40. The number of aromatic carboxylic acids is 1. The van der Waals surface area contributed by atoms with Gasteiger partial charge >= 0.3 is 5.97 Å². The first-order chi connectivity index (χ1) is 10.2. The second-order valence-corrected chi connectivity index (χ2v) is 4.40. The van der Waals surface area contributed by atoms with Crippen LogP contribution in [0.25, 0.3) is 0 Å². The summed E-state index contributed by atoms with van der Waals surface area (Å²) in [6.45, 7) is 0.524. The highest BCUT2D eigenvalue weighted by molar-refractivity contribution is 5.95. The molecule has 2 rings (SSSR count). The lowest BCUT2D eigenvalue weighted by Gasteiger charge is -2.14. The van der Waals surface area contributed by atoms with Gasteiger partial charge in [-0.25, -0.2) is 4.79 Å². The van der Waals surface area contributed by atoms with E-state index in [-0.39, 0.29) is 5.56 Å². The van der Waals surface area contributed by atoms with Crippen LogP contribution in [-0.4, -0.2) is 25.3 Å². The highest BCUT2D eigenvalue weighted by Crippen LogP contribution is 2.33. The van der Waals surface area contributed by atoms with Crippen LogP contribution in [0.3, 0.4) is 0 Å². The van der Waals surface area contributed by atoms with Crippen molar-refractivity contribution >= 4 is 11.7 Å². The number of carboxylic acids is 1. The van der Waals surface area contributed by atoms with E-state index in [1.54, 1.807) is 6.07 Å². The Hall–Kier alpha value is -2.69. The molecular weight excluding hydrogens is 270 g/mol. The number of ether oxygens (including phenoxy) is 2. The number of carboxylic acid groups (broad SMARTS) is 1. The molecule has 0 radical (unpaired) electrons. The Morgan fingerprint density at radius 1 is 1.10 bits per heavy atom. The highest BCUT2D eigenvalue weighted by Gasteiger charge is 2.16. The Bertz CT molecular complexity index is 626. The fourth-order valence-electron chi connectivity index (χ4n) is 2.00. The molecule has 21 heavy (non-hydrogen) atoms. The van der Waals surface area contributed by atoms with E-state index in [0.29, 0.717) is 23.7 Å². The minimum absolute atomic E-state index is 0.142. The van der Waals surface area contributed by atoms with Gasteiger partial charge in [-0.05, 0) is 5.56 Å². The molecule has 110 valence electrons. The van der Waals surface area contributed by atoms with E-state index >= 15 is 0 Å². The van der Waals surface area contributed by atoms with Gasteiger partial charge in [0.05, 0.1) is 25.5 Å². The van der Waals surface area contributed by atoms with Gasteiger partial charge in [0.25, 0.3) is 0 Å². The monoisotopic (exact) mass is 287 g/mol. The Balaban J connectivity index is 2.30. The fraction of sp³-hybridized carbons (Fsp3) is 0.188. The largest absolute Gasteiger partial charge is 0.493 e. The zero-order chi connectivity index (χ0) is 15.2. The quantitative estimate of drug-likeness (QED) is 0.854. The first-order valence-electron chi connectivity index (χ1n) is 6.42. The van der Waals surface area contributed by atoms with Gasteiger partial charge in [-0.15, -0.1) is 0 Å². The number of anilines is 1. The van der Waals surface area contributed by atoms with Gasteiger partial charge in [0.2, 0.25) is 0 Å². The van der Waals surface area contributed by atoms with E-state index in [1.165, 1.54) is 20.3 Å². The number of methoxy groups -OCH3 is 2. The molecule has 0 saturated carbocycles. The Labute approximate surface area is 123 Å². The third-order valence-corrected chi connectivity index (χ3v) is 3.08. The number of nitrogens with one attached hydrogen (secondary N) is 1. The summed E-state index contributed by atoms with van der Waals surface area (Å²) >= 11 is 0. The summed E-state index contributed by atoms with van der Waals surface area (Å²) < 4.78 is 10.3.